The summed E-state index contributed by atoms with van der Waals surface area (Å²) in [5.41, 5.74) is 0.892. The molecule has 6 heteroatoms. The van der Waals surface area contributed by atoms with Crippen LogP contribution in [0.5, 0.6) is 0 Å². The molecule has 1 aromatic carbocycles. The summed E-state index contributed by atoms with van der Waals surface area (Å²) in [4.78, 5) is 25.8. The van der Waals surface area contributed by atoms with Crippen LogP contribution in [0.15, 0.2) is 24.3 Å². The zero-order valence-electron chi connectivity index (χ0n) is 12.7. The first kappa shape index (κ1) is 16.4. The van der Waals surface area contributed by atoms with Crippen molar-refractivity contribution in [2.75, 3.05) is 26.3 Å². The van der Waals surface area contributed by atoms with Crippen molar-refractivity contribution in [1.82, 2.24) is 10.2 Å². The number of benzene rings is 1. The number of morpholine rings is 1. The van der Waals surface area contributed by atoms with E-state index in [4.69, 9.17) is 4.74 Å². The van der Waals surface area contributed by atoms with Crippen LogP contribution in [0, 0.1) is 5.82 Å². The Morgan fingerprint density at radius 2 is 1.91 bits per heavy atom. The van der Waals surface area contributed by atoms with Crippen molar-refractivity contribution in [1.29, 1.82) is 0 Å². The molecule has 1 aliphatic rings. The van der Waals surface area contributed by atoms with Crippen LogP contribution in [-0.4, -0.2) is 49.1 Å². The van der Waals surface area contributed by atoms with Gasteiger partial charge in [0.25, 0.3) is 0 Å². The number of nitrogens with zero attached hydrogens (tertiary/aromatic N) is 1. The molecule has 2 amide bonds. The molecule has 1 aliphatic heterocycles. The molecule has 0 saturated carbocycles. The van der Waals surface area contributed by atoms with Gasteiger partial charge in [-0.3, -0.25) is 9.59 Å². The zero-order valence-corrected chi connectivity index (χ0v) is 12.7. The molecular weight excluding hydrogens is 287 g/mol. The van der Waals surface area contributed by atoms with Gasteiger partial charge in [0.2, 0.25) is 11.8 Å². The number of ether oxygens (including phenoxy) is 1. The standard InChI is InChI=1S/C16H21FN2O3/c1-12(16(21)19-8-10-22-11-9-19)18-15(20)7-4-13-2-5-14(17)6-3-13/h2-3,5-6,12H,4,7-11H2,1H3,(H,18,20). The Kier molecular flexibility index (Phi) is 5.89. The topological polar surface area (TPSA) is 58.6 Å². The minimum Gasteiger partial charge on any atom is -0.378 e. The summed E-state index contributed by atoms with van der Waals surface area (Å²) in [6.45, 7) is 3.89. The third-order valence-electron chi connectivity index (χ3n) is 3.62. The van der Waals surface area contributed by atoms with E-state index in [0.29, 0.717) is 32.7 Å². The summed E-state index contributed by atoms with van der Waals surface area (Å²) < 4.78 is 18.0. The van der Waals surface area contributed by atoms with Gasteiger partial charge in [0.15, 0.2) is 0 Å². The van der Waals surface area contributed by atoms with Gasteiger partial charge >= 0.3 is 0 Å². The molecular formula is C16H21FN2O3. The van der Waals surface area contributed by atoms with Crippen LogP contribution in [-0.2, 0) is 20.7 Å². The fourth-order valence-electron chi connectivity index (χ4n) is 2.34. The number of hydrogen-bond acceptors (Lipinski definition) is 3. The molecule has 1 unspecified atom stereocenters. The van der Waals surface area contributed by atoms with Gasteiger partial charge in [-0.05, 0) is 31.0 Å². The molecule has 1 N–H and O–H groups in total. The maximum Gasteiger partial charge on any atom is 0.245 e. The molecule has 5 nitrogen and oxygen atoms in total. The van der Waals surface area contributed by atoms with Crippen molar-refractivity contribution in [3.05, 3.63) is 35.6 Å². The fraction of sp³-hybridized carbons (Fsp3) is 0.500. The third kappa shape index (κ3) is 4.80. The molecule has 0 spiro atoms. The molecule has 120 valence electrons. The van der Waals surface area contributed by atoms with Crippen molar-refractivity contribution in [2.45, 2.75) is 25.8 Å². The van der Waals surface area contributed by atoms with E-state index in [0.717, 1.165) is 5.56 Å². The lowest BCUT2D eigenvalue weighted by molar-refractivity contribution is -0.139. The zero-order chi connectivity index (χ0) is 15.9. The number of hydrogen-bond donors (Lipinski definition) is 1. The Bertz CT molecular complexity index is 513. The van der Waals surface area contributed by atoms with Gasteiger partial charge in [0.05, 0.1) is 13.2 Å². The number of aryl methyl sites for hydroxylation is 1. The summed E-state index contributed by atoms with van der Waals surface area (Å²) in [7, 11) is 0. The minimum atomic E-state index is -0.543. The van der Waals surface area contributed by atoms with E-state index in [1.807, 2.05) is 0 Å². The summed E-state index contributed by atoms with van der Waals surface area (Å²) in [5.74, 6) is -0.560. The van der Waals surface area contributed by atoms with Crippen LogP contribution < -0.4 is 5.32 Å². The quantitative estimate of drug-likeness (QED) is 0.887. The molecule has 1 heterocycles. The average molecular weight is 308 g/mol. The van der Waals surface area contributed by atoms with E-state index in [2.05, 4.69) is 5.32 Å². The number of halogens is 1. The highest BCUT2D eigenvalue weighted by Crippen LogP contribution is 2.06. The predicted octanol–water partition coefficient (Wildman–Crippen LogP) is 1.12. The Balaban J connectivity index is 1.75. The van der Waals surface area contributed by atoms with E-state index in [9.17, 15) is 14.0 Å². The van der Waals surface area contributed by atoms with Crippen LogP contribution in [0.25, 0.3) is 0 Å². The first-order valence-corrected chi connectivity index (χ1v) is 7.46. The van der Waals surface area contributed by atoms with Gasteiger partial charge in [0.1, 0.15) is 11.9 Å². The lowest BCUT2D eigenvalue weighted by Gasteiger charge is -2.29. The molecule has 0 aliphatic carbocycles. The maximum absolute atomic E-state index is 12.8. The molecule has 1 aromatic rings. The Labute approximate surface area is 129 Å². The molecule has 1 atom stereocenters. The summed E-state index contributed by atoms with van der Waals surface area (Å²) in [5, 5.41) is 2.71. The molecule has 0 bridgehead atoms. The molecule has 2 rings (SSSR count). The van der Waals surface area contributed by atoms with Crippen molar-refractivity contribution in [3.63, 3.8) is 0 Å². The van der Waals surface area contributed by atoms with Gasteiger partial charge in [-0.25, -0.2) is 4.39 Å². The molecule has 0 aromatic heterocycles. The van der Waals surface area contributed by atoms with Crippen LogP contribution in [0.3, 0.4) is 0 Å². The highest BCUT2D eigenvalue weighted by Gasteiger charge is 2.23. The lowest BCUT2D eigenvalue weighted by atomic mass is 10.1. The number of carbonyl (C=O) groups excluding carboxylic acids is 2. The second-order valence-corrected chi connectivity index (χ2v) is 5.35. The first-order valence-electron chi connectivity index (χ1n) is 7.46. The number of rotatable bonds is 5. The van der Waals surface area contributed by atoms with E-state index >= 15 is 0 Å². The van der Waals surface area contributed by atoms with Gasteiger partial charge in [-0.15, -0.1) is 0 Å². The van der Waals surface area contributed by atoms with E-state index in [-0.39, 0.29) is 24.1 Å². The monoisotopic (exact) mass is 308 g/mol. The number of amides is 2. The van der Waals surface area contributed by atoms with E-state index in [1.54, 1.807) is 24.0 Å². The van der Waals surface area contributed by atoms with Crippen LogP contribution in [0.4, 0.5) is 4.39 Å². The molecule has 22 heavy (non-hydrogen) atoms. The molecule has 0 radical (unpaired) electrons. The summed E-state index contributed by atoms with van der Waals surface area (Å²) >= 11 is 0. The Morgan fingerprint density at radius 3 is 2.55 bits per heavy atom. The maximum atomic E-state index is 12.8. The normalized spacial score (nSPS) is 16.2. The summed E-state index contributed by atoms with van der Waals surface area (Å²) in [6.07, 6.45) is 0.789. The highest BCUT2D eigenvalue weighted by molar-refractivity contribution is 5.87. The first-order chi connectivity index (χ1) is 10.6. The van der Waals surface area contributed by atoms with Crippen LogP contribution >= 0.6 is 0 Å². The van der Waals surface area contributed by atoms with Gasteiger partial charge in [-0.2, -0.15) is 0 Å². The summed E-state index contributed by atoms with van der Waals surface area (Å²) in [6, 6.07) is 5.52. The van der Waals surface area contributed by atoms with Crippen molar-refractivity contribution >= 4 is 11.8 Å². The second-order valence-electron chi connectivity index (χ2n) is 5.35. The Morgan fingerprint density at radius 1 is 1.27 bits per heavy atom. The number of carbonyl (C=O) groups is 2. The van der Waals surface area contributed by atoms with Crippen molar-refractivity contribution in [3.8, 4) is 0 Å². The minimum absolute atomic E-state index is 0.0848. The Hall–Kier alpha value is -1.95. The largest absolute Gasteiger partial charge is 0.378 e. The lowest BCUT2D eigenvalue weighted by Crippen LogP contribution is -2.50. The molecule has 1 saturated heterocycles. The number of nitrogens with one attached hydrogen (secondary N) is 1. The third-order valence-corrected chi connectivity index (χ3v) is 3.62. The molecule has 1 fully saturated rings. The smallest absolute Gasteiger partial charge is 0.245 e. The van der Waals surface area contributed by atoms with Gasteiger partial charge in [0, 0.05) is 19.5 Å². The van der Waals surface area contributed by atoms with E-state index < -0.39 is 6.04 Å². The van der Waals surface area contributed by atoms with Crippen molar-refractivity contribution in [2.24, 2.45) is 0 Å². The van der Waals surface area contributed by atoms with Crippen LogP contribution in [0.1, 0.15) is 18.9 Å². The van der Waals surface area contributed by atoms with Crippen LogP contribution in [0.2, 0.25) is 0 Å². The fourth-order valence-corrected chi connectivity index (χ4v) is 2.34. The van der Waals surface area contributed by atoms with Crippen molar-refractivity contribution < 1.29 is 18.7 Å². The van der Waals surface area contributed by atoms with Gasteiger partial charge < -0.3 is 15.0 Å². The highest BCUT2D eigenvalue weighted by atomic mass is 19.1. The second kappa shape index (κ2) is 7.89. The van der Waals surface area contributed by atoms with Gasteiger partial charge in [-0.1, -0.05) is 12.1 Å². The van der Waals surface area contributed by atoms with E-state index in [1.165, 1.54) is 12.1 Å². The average Bonchev–Trinajstić information content (AvgIpc) is 2.54. The SMILES string of the molecule is CC(NC(=O)CCc1ccc(F)cc1)C(=O)N1CCOCC1. The predicted molar refractivity (Wildman–Crippen MR) is 79.7 cm³/mol.